The van der Waals surface area contributed by atoms with Crippen molar-refractivity contribution in [3.05, 3.63) is 57.0 Å². The van der Waals surface area contributed by atoms with Crippen LogP contribution in [0.25, 0.3) is 16.7 Å². The van der Waals surface area contributed by atoms with Crippen molar-refractivity contribution in [2.45, 2.75) is 0 Å². The Morgan fingerprint density at radius 1 is 1.25 bits per heavy atom. The first kappa shape index (κ1) is 13.0. The molecule has 98 valence electrons. The highest BCUT2D eigenvalue weighted by atomic mass is 79.9. The van der Waals surface area contributed by atoms with E-state index in [1.165, 1.54) is 12.1 Å². The minimum Gasteiger partial charge on any atom is -0.330 e. The molecule has 3 nitrogen and oxygen atoms in total. The van der Waals surface area contributed by atoms with Gasteiger partial charge in [-0.1, -0.05) is 0 Å². The SMILES string of the molecule is N#Cc1ccc(-n2c(=S)[nH]c3cc(F)ccc32)c(Br)c1. The van der Waals surface area contributed by atoms with Crippen LogP contribution in [0.2, 0.25) is 0 Å². The van der Waals surface area contributed by atoms with Gasteiger partial charge in [0.15, 0.2) is 4.77 Å². The van der Waals surface area contributed by atoms with Crippen LogP contribution < -0.4 is 0 Å². The van der Waals surface area contributed by atoms with Gasteiger partial charge in [-0.25, -0.2) is 4.39 Å². The summed E-state index contributed by atoms with van der Waals surface area (Å²) in [7, 11) is 0. The first-order valence-corrected chi connectivity index (χ1v) is 6.90. The minimum atomic E-state index is -0.320. The molecule has 20 heavy (non-hydrogen) atoms. The zero-order chi connectivity index (χ0) is 14.3. The van der Waals surface area contributed by atoms with E-state index in [4.69, 9.17) is 17.5 Å². The lowest BCUT2D eigenvalue weighted by Gasteiger charge is -2.07. The molecule has 1 N–H and O–H groups in total. The number of H-pyrrole nitrogens is 1. The van der Waals surface area contributed by atoms with Gasteiger partial charge in [-0.15, -0.1) is 0 Å². The van der Waals surface area contributed by atoms with E-state index in [0.29, 0.717) is 15.9 Å². The van der Waals surface area contributed by atoms with Crippen molar-refractivity contribution in [1.82, 2.24) is 9.55 Å². The van der Waals surface area contributed by atoms with Crippen LogP contribution in [0, 0.1) is 21.9 Å². The zero-order valence-electron chi connectivity index (χ0n) is 10.0. The van der Waals surface area contributed by atoms with Crippen molar-refractivity contribution in [2.75, 3.05) is 0 Å². The summed E-state index contributed by atoms with van der Waals surface area (Å²) in [5.41, 5.74) is 2.76. The van der Waals surface area contributed by atoms with Crippen LogP contribution in [0.1, 0.15) is 5.56 Å². The number of nitrogens with zero attached hydrogens (tertiary/aromatic N) is 2. The second kappa shape index (κ2) is 4.85. The summed E-state index contributed by atoms with van der Waals surface area (Å²) in [5.74, 6) is -0.320. The van der Waals surface area contributed by atoms with Crippen molar-refractivity contribution in [3.63, 3.8) is 0 Å². The predicted molar refractivity (Wildman–Crippen MR) is 80.8 cm³/mol. The van der Waals surface area contributed by atoms with E-state index in [9.17, 15) is 4.39 Å². The van der Waals surface area contributed by atoms with Crippen LogP contribution in [0.15, 0.2) is 40.9 Å². The molecule has 0 atom stereocenters. The normalized spacial score (nSPS) is 10.7. The Morgan fingerprint density at radius 2 is 2.05 bits per heavy atom. The number of benzene rings is 2. The molecule has 1 heterocycles. The molecule has 3 rings (SSSR count). The highest BCUT2D eigenvalue weighted by Crippen LogP contribution is 2.27. The lowest BCUT2D eigenvalue weighted by Crippen LogP contribution is -1.95. The summed E-state index contributed by atoms with van der Waals surface area (Å²) in [6.45, 7) is 0. The lowest BCUT2D eigenvalue weighted by atomic mass is 10.2. The molecule has 0 unspecified atom stereocenters. The fraction of sp³-hybridized carbons (Fsp3) is 0. The number of halogens is 2. The molecular formula is C14H7BrFN3S. The second-order valence-electron chi connectivity index (χ2n) is 4.21. The van der Waals surface area contributed by atoms with Gasteiger partial charge in [0.25, 0.3) is 0 Å². The molecule has 0 aliphatic carbocycles. The highest BCUT2D eigenvalue weighted by molar-refractivity contribution is 9.10. The van der Waals surface area contributed by atoms with Crippen molar-refractivity contribution in [2.24, 2.45) is 0 Å². The van der Waals surface area contributed by atoms with E-state index in [-0.39, 0.29) is 5.82 Å². The smallest absolute Gasteiger partial charge is 0.182 e. The van der Waals surface area contributed by atoms with E-state index in [1.807, 2.05) is 0 Å². The van der Waals surface area contributed by atoms with Gasteiger partial charge >= 0.3 is 0 Å². The van der Waals surface area contributed by atoms with Crippen molar-refractivity contribution >= 4 is 39.2 Å². The van der Waals surface area contributed by atoms with Crippen LogP contribution in [-0.2, 0) is 0 Å². The molecule has 0 radical (unpaired) electrons. The molecule has 0 spiro atoms. The van der Waals surface area contributed by atoms with E-state index < -0.39 is 0 Å². The van der Waals surface area contributed by atoms with E-state index in [1.54, 1.807) is 28.8 Å². The predicted octanol–water partition coefficient (Wildman–Crippen LogP) is 4.46. The van der Waals surface area contributed by atoms with Crippen molar-refractivity contribution < 1.29 is 4.39 Å². The van der Waals surface area contributed by atoms with Crippen LogP contribution in [0.5, 0.6) is 0 Å². The summed E-state index contributed by atoms with van der Waals surface area (Å²) >= 11 is 8.74. The Morgan fingerprint density at radius 3 is 2.75 bits per heavy atom. The number of nitrogens with one attached hydrogen (secondary N) is 1. The lowest BCUT2D eigenvalue weighted by molar-refractivity contribution is 0.629. The van der Waals surface area contributed by atoms with E-state index >= 15 is 0 Å². The monoisotopic (exact) mass is 347 g/mol. The Bertz CT molecular complexity index is 920. The van der Waals surface area contributed by atoms with Gasteiger partial charge in [0, 0.05) is 4.47 Å². The Balaban J connectivity index is 2.33. The molecule has 0 saturated carbocycles. The maximum absolute atomic E-state index is 13.2. The quantitative estimate of drug-likeness (QED) is 0.660. The maximum Gasteiger partial charge on any atom is 0.182 e. The van der Waals surface area contributed by atoms with Crippen LogP contribution in [0.4, 0.5) is 4.39 Å². The number of hydrogen-bond acceptors (Lipinski definition) is 2. The first-order chi connectivity index (χ1) is 9.60. The molecular weight excluding hydrogens is 341 g/mol. The largest absolute Gasteiger partial charge is 0.330 e. The fourth-order valence-corrected chi connectivity index (χ4v) is 2.94. The van der Waals surface area contributed by atoms with Gasteiger partial charge in [0.2, 0.25) is 0 Å². The van der Waals surface area contributed by atoms with Crippen LogP contribution in [0.3, 0.4) is 0 Å². The van der Waals surface area contributed by atoms with Crippen molar-refractivity contribution in [3.8, 4) is 11.8 Å². The average Bonchev–Trinajstić information content (AvgIpc) is 2.73. The Hall–Kier alpha value is -1.97. The number of rotatable bonds is 1. The molecule has 0 amide bonds. The molecule has 0 bridgehead atoms. The summed E-state index contributed by atoms with van der Waals surface area (Å²) in [6.07, 6.45) is 0. The van der Waals surface area contributed by atoms with Gasteiger partial charge in [-0.2, -0.15) is 5.26 Å². The van der Waals surface area contributed by atoms with Gasteiger partial charge < -0.3 is 4.98 Å². The molecule has 0 fully saturated rings. The summed E-state index contributed by atoms with van der Waals surface area (Å²) in [5, 5.41) is 8.89. The summed E-state index contributed by atoms with van der Waals surface area (Å²) in [6, 6.07) is 11.8. The molecule has 0 saturated heterocycles. The van der Waals surface area contributed by atoms with Crippen LogP contribution in [-0.4, -0.2) is 9.55 Å². The summed E-state index contributed by atoms with van der Waals surface area (Å²) in [4.78, 5) is 2.97. The third kappa shape index (κ3) is 2.05. The Kier molecular flexibility index (Phi) is 3.16. The Labute approximate surface area is 127 Å². The van der Waals surface area contributed by atoms with Gasteiger partial charge in [0.1, 0.15) is 5.82 Å². The number of imidazole rings is 1. The van der Waals surface area contributed by atoms with Gasteiger partial charge in [-0.05, 0) is 64.5 Å². The molecule has 3 aromatic rings. The first-order valence-electron chi connectivity index (χ1n) is 5.70. The molecule has 6 heteroatoms. The molecule has 0 aliphatic heterocycles. The number of hydrogen-bond donors (Lipinski definition) is 1. The standard InChI is InChI=1S/C14H7BrFN3S/c15-10-5-8(7-17)1-3-12(10)19-13-4-2-9(16)6-11(13)18-14(19)20/h1-6H,(H,18,20). The van der Waals surface area contributed by atoms with E-state index in [2.05, 4.69) is 27.0 Å². The molecule has 0 aliphatic rings. The summed E-state index contributed by atoms with van der Waals surface area (Å²) < 4.78 is 16.3. The third-order valence-electron chi connectivity index (χ3n) is 2.96. The van der Waals surface area contributed by atoms with Gasteiger partial charge in [0.05, 0.1) is 28.4 Å². The highest BCUT2D eigenvalue weighted by Gasteiger charge is 2.10. The van der Waals surface area contributed by atoms with Crippen LogP contribution >= 0.6 is 28.1 Å². The molecule has 2 aromatic carbocycles. The van der Waals surface area contributed by atoms with E-state index in [0.717, 1.165) is 15.7 Å². The topological polar surface area (TPSA) is 44.5 Å². The maximum atomic E-state index is 13.2. The number of nitriles is 1. The number of fused-ring (bicyclic) bond motifs is 1. The zero-order valence-corrected chi connectivity index (χ0v) is 12.4. The van der Waals surface area contributed by atoms with Crippen molar-refractivity contribution in [1.29, 1.82) is 5.26 Å². The van der Waals surface area contributed by atoms with Gasteiger partial charge in [-0.3, -0.25) is 4.57 Å². The fourth-order valence-electron chi connectivity index (χ4n) is 2.08. The third-order valence-corrected chi connectivity index (χ3v) is 3.88. The number of aromatic nitrogens is 2. The minimum absolute atomic E-state index is 0.320. The average molecular weight is 348 g/mol. The molecule has 1 aromatic heterocycles. The second-order valence-corrected chi connectivity index (χ2v) is 5.45. The number of aromatic amines is 1.